The zero-order valence-electron chi connectivity index (χ0n) is 20.2. The molecule has 3 unspecified atom stereocenters. The fourth-order valence-electron chi connectivity index (χ4n) is 6.43. The average Bonchev–Trinajstić information content (AvgIpc) is 3.44. The van der Waals surface area contributed by atoms with Crippen molar-refractivity contribution in [2.45, 2.75) is 36.8 Å². The number of hydrogen-bond acceptors (Lipinski definition) is 5. The van der Waals surface area contributed by atoms with Crippen LogP contribution in [0, 0.1) is 5.92 Å². The molecular formula is C29H27BrN2O5. The van der Waals surface area contributed by atoms with Crippen molar-refractivity contribution in [1.82, 2.24) is 9.88 Å². The van der Waals surface area contributed by atoms with Crippen LogP contribution in [0.1, 0.15) is 42.0 Å². The minimum absolute atomic E-state index is 0.00304. The lowest BCUT2D eigenvalue weighted by Crippen LogP contribution is -2.43. The van der Waals surface area contributed by atoms with E-state index in [0.29, 0.717) is 25.1 Å². The molecule has 1 saturated carbocycles. The van der Waals surface area contributed by atoms with Gasteiger partial charge in [0.1, 0.15) is 18.8 Å². The van der Waals surface area contributed by atoms with Gasteiger partial charge in [-0.05, 0) is 69.6 Å². The first-order valence-electron chi connectivity index (χ1n) is 12.6. The van der Waals surface area contributed by atoms with Crippen LogP contribution in [-0.4, -0.2) is 52.9 Å². The maximum Gasteiger partial charge on any atom is 0.410 e. The van der Waals surface area contributed by atoms with E-state index in [0.717, 1.165) is 10.9 Å². The van der Waals surface area contributed by atoms with Crippen LogP contribution < -0.4 is 0 Å². The van der Waals surface area contributed by atoms with Gasteiger partial charge >= 0.3 is 12.1 Å². The molecule has 2 aromatic carbocycles. The number of carbonyl (C=O) groups excluding carboxylic acids is 1. The highest BCUT2D eigenvalue weighted by Crippen LogP contribution is 2.50. The Hall–Kier alpha value is -3.23. The summed E-state index contributed by atoms with van der Waals surface area (Å²) in [5.41, 5.74) is 4.60. The van der Waals surface area contributed by atoms with Crippen molar-refractivity contribution in [3.8, 4) is 11.1 Å². The Morgan fingerprint density at radius 1 is 1.05 bits per heavy atom. The first-order valence-corrected chi connectivity index (χ1v) is 13.3. The van der Waals surface area contributed by atoms with Crippen LogP contribution in [0.15, 0.2) is 71.3 Å². The summed E-state index contributed by atoms with van der Waals surface area (Å²) >= 11 is 3.42. The Kier molecular flexibility index (Phi) is 6.24. The molecule has 8 heteroatoms. The lowest BCUT2D eigenvalue weighted by atomic mass is 9.74. The highest BCUT2D eigenvalue weighted by molar-refractivity contribution is 9.10. The van der Waals surface area contributed by atoms with Gasteiger partial charge in [-0.3, -0.25) is 4.98 Å². The SMILES string of the molecule is O=C(O)COC1(c2ccc(Br)cn2)CCC2CC1CN2C(=O)OCC1c2ccccc2-c2ccccc21. The second-order valence-corrected chi connectivity index (χ2v) is 10.9. The summed E-state index contributed by atoms with van der Waals surface area (Å²) in [6, 6.07) is 20.4. The number of likely N-dealkylation sites (tertiary alicyclic amines) is 1. The molecule has 0 radical (unpaired) electrons. The topological polar surface area (TPSA) is 89.0 Å². The zero-order chi connectivity index (χ0) is 25.6. The summed E-state index contributed by atoms with van der Waals surface area (Å²) in [6.45, 7) is 0.304. The summed E-state index contributed by atoms with van der Waals surface area (Å²) in [6.07, 6.45) is 3.38. The first kappa shape index (κ1) is 24.1. The molecule has 3 aliphatic rings. The Morgan fingerprint density at radius 3 is 2.41 bits per heavy atom. The van der Waals surface area contributed by atoms with Crippen molar-refractivity contribution in [3.63, 3.8) is 0 Å². The second-order valence-electron chi connectivity index (χ2n) is 10.0. The maximum absolute atomic E-state index is 13.4. The molecule has 2 aliphatic carbocycles. The molecule has 2 fully saturated rings. The summed E-state index contributed by atoms with van der Waals surface area (Å²) < 4.78 is 12.9. The van der Waals surface area contributed by atoms with Gasteiger partial charge in [0.25, 0.3) is 0 Å². The van der Waals surface area contributed by atoms with Gasteiger partial charge in [-0.2, -0.15) is 0 Å². The van der Waals surface area contributed by atoms with Crippen molar-refractivity contribution in [2.75, 3.05) is 19.8 Å². The third-order valence-electron chi connectivity index (χ3n) is 8.11. The largest absolute Gasteiger partial charge is 0.480 e. The summed E-state index contributed by atoms with van der Waals surface area (Å²) in [5.74, 6) is -1.09. The number of carboxylic acid groups (broad SMARTS) is 1. The molecule has 190 valence electrons. The Bertz CT molecular complexity index is 1300. The lowest BCUT2D eigenvalue weighted by Gasteiger charge is -2.40. The molecular weight excluding hydrogens is 536 g/mol. The number of amides is 1. The second kappa shape index (κ2) is 9.58. The van der Waals surface area contributed by atoms with Crippen LogP contribution in [0.25, 0.3) is 11.1 Å². The number of ether oxygens (including phenoxy) is 2. The molecule has 0 spiro atoms. The van der Waals surface area contributed by atoms with E-state index in [1.165, 1.54) is 22.3 Å². The van der Waals surface area contributed by atoms with E-state index in [9.17, 15) is 14.7 Å². The van der Waals surface area contributed by atoms with Crippen LogP contribution in [0.2, 0.25) is 0 Å². The molecule has 1 aliphatic heterocycles. The number of carbonyl (C=O) groups is 2. The molecule has 1 N–H and O–H groups in total. The molecule has 7 nitrogen and oxygen atoms in total. The maximum atomic E-state index is 13.4. The number of pyridine rings is 1. The molecule has 3 atom stereocenters. The lowest BCUT2D eigenvalue weighted by molar-refractivity contribution is -0.159. The van der Waals surface area contributed by atoms with Gasteiger partial charge < -0.3 is 19.5 Å². The van der Waals surface area contributed by atoms with Crippen LogP contribution >= 0.6 is 15.9 Å². The zero-order valence-corrected chi connectivity index (χ0v) is 21.8. The number of aromatic nitrogens is 1. The Morgan fingerprint density at radius 2 is 1.76 bits per heavy atom. The smallest absolute Gasteiger partial charge is 0.410 e. The number of nitrogens with zero attached hydrogens (tertiary/aromatic N) is 2. The number of halogens is 1. The quantitative estimate of drug-likeness (QED) is 0.422. The summed E-state index contributed by atoms with van der Waals surface area (Å²) in [7, 11) is 0. The van der Waals surface area contributed by atoms with E-state index in [4.69, 9.17) is 9.47 Å². The molecule has 1 amide bonds. The van der Waals surface area contributed by atoms with E-state index in [1.807, 2.05) is 41.3 Å². The predicted molar refractivity (Wildman–Crippen MR) is 140 cm³/mol. The number of aliphatic carboxylic acids is 1. The van der Waals surface area contributed by atoms with E-state index in [1.54, 1.807) is 6.20 Å². The number of carboxylic acids is 1. The van der Waals surface area contributed by atoms with Crippen LogP contribution in [0.3, 0.4) is 0 Å². The summed E-state index contributed by atoms with van der Waals surface area (Å²) in [4.78, 5) is 31.1. The van der Waals surface area contributed by atoms with E-state index >= 15 is 0 Å². The van der Waals surface area contributed by atoms with E-state index in [2.05, 4.69) is 45.2 Å². The normalized spacial score (nSPS) is 24.0. The molecule has 2 bridgehead atoms. The van der Waals surface area contributed by atoms with Crippen molar-refractivity contribution in [3.05, 3.63) is 88.2 Å². The van der Waals surface area contributed by atoms with Crippen molar-refractivity contribution in [1.29, 1.82) is 0 Å². The summed E-state index contributed by atoms with van der Waals surface area (Å²) in [5, 5.41) is 9.34. The minimum atomic E-state index is -1.02. The van der Waals surface area contributed by atoms with Gasteiger partial charge in [0, 0.05) is 35.1 Å². The fourth-order valence-corrected chi connectivity index (χ4v) is 6.67. The standard InChI is InChI=1S/C29H27BrN2O5/c30-19-9-10-26(31-14-19)29(37-17-27(33)34)12-11-20-13-18(29)15-32(20)28(35)36-16-25-23-7-3-1-5-21(23)22-6-2-4-8-24(22)25/h1-10,14,18,20,25H,11-13,15-17H2,(H,33,34). The third-order valence-corrected chi connectivity index (χ3v) is 8.58. The van der Waals surface area contributed by atoms with Crippen LogP contribution in [0.4, 0.5) is 4.79 Å². The van der Waals surface area contributed by atoms with Gasteiger partial charge in [0.15, 0.2) is 0 Å². The van der Waals surface area contributed by atoms with Crippen molar-refractivity contribution < 1.29 is 24.2 Å². The average molecular weight is 563 g/mol. The van der Waals surface area contributed by atoms with Crippen LogP contribution in [0.5, 0.6) is 0 Å². The monoisotopic (exact) mass is 562 g/mol. The molecule has 37 heavy (non-hydrogen) atoms. The number of rotatable bonds is 6. The highest BCUT2D eigenvalue weighted by atomic mass is 79.9. The molecule has 2 heterocycles. The molecule has 1 saturated heterocycles. The Balaban J connectivity index is 1.20. The number of hydrogen-bond donors (Lipinski definition) is 1. The van der Waals surface area contributed by atoms with Gasteiger partial charge in [-0.15, -0.1) is 0 Å². The van der Waals surface area contributed by atoms with Crippen molar-refractivity contribution >= 4 is 28.0 Å². The van der Waals surface area contributed by atoms with Gasteiger partial charge in [0.2, 0.25) is 0 Å². The van der Waals surface area contributed by atoms with Crippen molar-refractivity contribution in [2.24, 2.45) is 5.92 Å². The van der Waals surface area contributed by atoms with E-state index < -0.39 is 18.2 Å². The first-order chi connectivity index (χ1) is 18.0. The third kappa shape index (κ3) is 4.22. The molecule has 6 rings (SSSR count). The fraction of sp³-hybridized carbons (Fsp3) is 0.345. The number of benzene rings is 2. The highest BCUT2D eigenvalue weighted by Gasteiger charge is 2.54. The van der Waals surface area contributed by atoms with Gasteiger partial charge in [0.05, 0.1) is 5.69 Å². The number of fused-ring (bicyclic) bond motifs is 5. The van der Waals surface area contributed by atoms with Gasteiger partial charge in [-0.25, -0.2) is 9.59 Å². The van der Waals surface area contributed by atoms with E-state index in [-0.39, 0.29) is 30.6 Å². The minimum Gasteiger partial charge on any atom is -0.480 e. The Labute approximate surface area is 223 Å². The molecule has 3 aromatic rings. The predicted octanol–water partition coefficient (Wildman–Crippen LogP) is 5.57. The van der Waals surface area contributed by atoms with Crippen LogP contribution in [-0.2, 0) is 19.9 Å². The van der Waals surface area contributed by atoms with Gasteiger partial charge in [-0.1, -0.05) is 48.5 Å². The molecule has 1 aromatic heterocycles.